The number of aromatic nitrogens is 4. The van der Waals surface area contributed by atoms with Crippen molar-refractivity contribution >= 4 is 83.5 Å². The van der Waals surface area contributed by atoms with E-state index in [9.17, 15) is 0 Å². The molecule has 0 radical (unpaired) electrons. The van der Waals surface area contributed by atoms with E-state index in [0.29, 0.717) is 0 Å². The summed E-state index contributed by atoms with van der Waals surface area (Å²) >= 11 is 0. The Labute approximate surface area is 264 Å². The van der Waals surface area contributed by atoms with E-state index in [1.807, 2.05) is 0 Å². The number of imidazole rings is 1. The predicted molar refractivity (Wildman–Crippen MR) is 192 cm³/mol. The van der Waals surface area contributed by atoms with Gasteiger partial charge in [-0.1, -0.05) is 121 Å². The highest BCUT2D eigenvalue weighted by Gasteiger charge is 2.34. The van der Waals surface area contributed by atoms with Crippen molar-refractivity contribution in [1.82, 2.24) is 18.5 Å². The molecule has 0 atom stereocenters. The van der Waals surface area contributed by atoms with Gasteiger partial charge in [0.05, 0.1) is 33.3 Å². The summed E-state index contributed by atoms with van der Waals surface area (Å²) in [5.41, 5.74) is 13.0. The van der Waals surface area contributed by atoms with Crippen molar-refractivity contribution in [2.75, 3.05) is 0 Å². The van der Waals surface area contributed by atoms with E-state index in [2.05, 4.69) is 165 Å². The van der Waals surface area contributed by atoms with Gasteiger partial charge in [-0.05, 0) is 52.7 Å². The lowest BCUT2D eigenvalue weighted by atomic mass is 9.35. The second-order valence-electron chi connectivity index (χ2n) is 12.4. The monoisotopic (exact) mass is 584 g/mol. The summed E-state index contributed by atoms with van der Waals surface area (Å²) in [6, 6.07) is 55.1. The molecule has 4 heterocycles. The zero-order valence-corrected chi connectivity index (χ0v) is 24.8. The highest BCUT2D eigenvalue weighted by atomic mass is 15.2. The number of para-hydroxylation sites is 4. The summed E-state index contributed by atoms with van der Waals surface area (Å²) in [6.07, 6.45) is 0. The Bertz CT molecular complexity index is 2820. The van der Waals surface area contributed by atoms with Gasteiger partial charge in [0.1, 0.15) is 5.52 Å². The first-order chi connectivity index (χ1) is 22.9. The van der Waals surface area contributed by atoms with Crippen molar-refractivity contribution in [3.8, 4) is 11.4 Å². The van der Waals surface area contributed by atoms with Gasteiger partial charge >= 0.3 is 0 Å². The highest BCUT2D eigenvalue weighted by molar-refractivity contribution is 6.98. The van der Waals surface area contributed by atoms with Crippen LogP contribution in [-0.2, 0) is 0 Å². The molecule has 212 valence electrons. The fraction of sp³-hybridized carbons (Fsp3) is 0. The van der Waals surface area contributed by atoms with Crippen LogP contribution in [0, 0.1) is 0 Å². The van der Waals surface area contributed by atoms with Crippen LogP contribution in [0.1, 0.15) is 0 Å². The van der Waals surface area contributed by atoms with Gasteiger partial charge in [-0.15, -0.1) is 0 Å². The van der Waals surface area contributed by atoms with Crippen molar-refractivity contribution in [2.24, 2.45) is 0 Å². The Morgan fingerprint density at radius 1 is 0.457 bits per heavy atom. The van der Waals surface area contributed by atoms with Crippen molar-refractivity contribution in [3.05, 3.63) is 152 Å². The molecule has 10 aromatic rings. The average Bonchev–Trinajstić information content (AvgIpc) is 3.67. The van der Waals surface area contributed by atoms with Crippen LogP contribution in [0.25, 0.3) is 71.8 Å². The minimum atomic E-state index is 0.130. The van der Waals surface area contributed by atoms with E-state index < -0.39 is 0 Å². The Kier molecular flexibility index (Phi) is 4.63. The van der Waals surface area contributed by atoms with Gasteiger partial charge in [-0.3, -0.25) is 8.97 Å². The van der Waals surface area contributed by atoms with Crippen molar-refractivity contribution in [3.63, 3.8) is 0 Å². The minimum absolute atomic E-state index is 0.130. The third kappa shape index (κ3) is 2.97. The molecule has 0 unspecified atom stereocenters. The second kappa shape index (κ2) is 8.77. The van der Waals surface area contributed by atoms with E-state index in [0.717, 1.165) is 22.5 Å². The molecule has 0 spiro atoms. The summed E-state index contributed by atoms with van der Waals surface area (Å²) in [5, 5.41) is 5.00. The topological polar surface area (TPSA) is 27.2 Å². The molecule has 1 aliphatic rings. The van der Waals surface area contributed by atoms with Gasteiger partial charge in [0, 0.05) is 21.8 Å². The number of rotatable bonds is 2. The lowest BCUT2D eigenvalue weighted by Gasteiger charge is -2.30. The predicted octanol–water partition coefficient (Wildman–Crippen LogP) is 7.51. The maximum absolute atomic E-state index is 5.60. The number of hydrogen-bond donors (Lipinski definition) is 0. The molecule has 7 aromatic carbocycles. The van der Waals surface area contributed by atoms with E-state index in [1.165, 1.54) is 65.7 Å². The lowest BCUT2D eigenvalue weighted by Crippen LogP contribution is -2.56. The molecule has 46 heavy (non-hydrogen) atoms. The molecule has 0 amide bonds. The summed E-state index contributed by atoms with van der Waals surface area (Å²) in [7, 11) is 0. The Morgan fingerprint density at radius 2 is 1.11 bits per heavy atom. The van der Waals surface area contributed by atoms with E-state index in [4.69, 9.17) is 4.98 Å². The fourth-order valence-electron chi connectivity index (χ4n) is 8.28. The van der Waals surface area contributed by atoms with Crippen LogP contribution in [0.5, 0.6) is 0 Å². The summed E-state index contributed by atoms with van der Waals surface area (Å²) in [6.45, 7) is 0.130. The molecule has 11 rings (SSSR count). The summed E-state index contributed by atoms with van der Waals surface area (Å²) in [5.74, 6) is 0.926. The SMILES string of the molecule is c1ccc(B2c3ccccc3-n3c4c2ccc2cccc(c24)n2c4cccc(-n5c6ccccc6c6ccccc65)c4nc32)cc1. The maximum Gasteiger partial charge on any atom is 0.246 e. The van der Waals surface area contributed by atoms with Gasteiger partial charge in [-0.2, -0.15) is 0 Å². The van der Waals surface area contributed by atoms with E-state index in [-0.39, 0.29) is 6.71 Å². The molecule has 0 saturated carbocycles. The van der Waals surface area contributed by atoms with Crippen molar-refractivity contribution in [2.45, 2.75) is 0 Å². The summed E-state index contributed by atoms with van der Waals surface area (Å²) in [4.78, 5) is 5.60. The molecule has 0 aliphatic carbocycles. The Hall–Kier alpha value is -6.07. The van der Waals surface area contributed by atoms with Crippen LogP contribution in [0.4, 0.5) is 0 Å². The van der Waals surface area contributed by atoms with Crippen LogP contribution >= 0.6 is 0 Å². The smallest absolute Gasteiger partial charge is 0.246 e. The van der Waals surface area contributed by atoms with Crippen LogP contribution in [0.2, 0.25) is 0 Å². The van der Waals surface area contributed by atoms with Gasteiger partial charge < -0.3 is 4.57 Å². The number of hydrogen-bond acceptors (Lipinski definition) is 1. The zero-order valence-electron chi connectivity index (χ0n) is 24.8. The quantitative estimate of drug-likeness (QED) is 0.193. The third-order valence-corrected chi connectivity index (χ3v) is 10.1. The van der Waals surface area contributed by atoms with Crippen molar-refractivity contribution < 1.29 is 0 Å². The largest absolute Gasteiger partial charge is 0.307 e. The van der Waals surface area contributed by atoms with Crippen LogP contribution in [-0.4, -0.2) is 25.2 Å². The van der Waals surface area contributed by atoms with E-state index in [1.54, 1.807) is 0 Å². The summed E-state index contributed by atoms with van der Waals surface area (Å²) < 4.78 is 7.20. The number of nitrogens with zero attached hydrogens (tertiary/aromatic N) is 4. The van der Waals surface area contributed by atoms with E-state index >= 15 is 0 Å². The molecular weight excluding hydrogens is 559 g/mol. The fourth-order valence-corrected chi connectivity index (χ4v) is 8.28. The van der Waals surface area contributed by atoms with Crippen LogP contribution in [0.3, 0.4) is 0 Å². The zero-order chi connectivity index (χ0) is 29.9. The molecule has 0 bridgehead atoms. The highest BCUT2D eigenvalue weighted by Crippen LogP contribution is 2.38. The average molecular weight is 584 g/mol. The Morgan fingerprint density at radius 3 is 1.93 bits per heavy atom. The molecule has 0 saturated heterocycles. The minimum Gasteiger partial charge on any atom is -0.307 e. The molecule has 3 aromatic heterocycles. The molecular formula is C41H25BN4. The standard InChI is InChI=1S/C41H25BN4/c1-2-13-27(14-3-1)42-30-17-6-9-20-34(30)46-40-31(42)25-24-26-12-10-21-35(38(26)40)45-37-23-11-22-36(39(37)43-41(45)46)44-32-18-7-4-15-28(32)29-16-5-8-19-33(29)44/h1-25H. The maximum atomic E-state index is 5.60. The molecule has 0 N–H and O–H groups in total. The number of fused-ring (bicyclic) bond motifs is 10. The third-order valence-electron chi connectivity index (χ3n) is 10.1. The normalized spacial score (nSPS) is 12.7. The molecule has 1 aliphatic heterocycles. The second-order valence-corrected chi connectivity index (χ2v) is 12.4. The van der Waals surface area contributed by atoms with Crippen molar-refractivity contribution in [1.29, 1.82) is 0 Å². The lowest BCUT2D eigenvalue weighted by molar-refractivity contribution is 1.07. The van der Waals surface area contributed by atoms with Crippen LogP contribution in [0.15, 0.2) is 152 Å². The first kappa shape index (κ1) is 24.3. The molecule has 5 heteroatoms. The van der Waals surface area contributed by atoms with Gasteiger partial charge in [-0.25, -0.2) is 4.98 Å². The molecule has 0 fully saturated rings. The molecule has 4 nitrogen and oxygen atoms in total. The van der Waals surface area contributed by atoms with Gasteiger partial charge in [0.25, 0.3) is 0 Å². The first-order valence-corrected chi connectivity index (χ1v) is 15.9. The van der Waals surface area contributed by atoms with Crippen LogP contribution < -0.4 is 16.4 Å². The Balaban J connectivity index is 1.35. The van der Waals surface area contributed by atoms with Gasteiger partial charge in [0.15, 0.2) is 0 Å². The first-order valence-electron chi connectivity index (χ1n) is 15.9. The number of benzene rings is 7. The van der Waals surface area contributed by atoms with Gasteiger partial charge in [0.2, 0.25) is 12.5 Å².